The summed E-state index contributed by atoms with van der Waals surface area (Å²) in [4.78, 5) is 21.1. The highest BCUT2D eigenvalue weighted by Gasteiger charge is 2.10. The second-order valence-corrected chi connectivity index (χ2v) is 5.62. The molecule has 0 saturated heterocycles. The number of rotatable bonds is 4. The number of hydrogen-bond donors (Lipinski definition) is 0. The monoisotopic (exact) mass is 338 g/mol. The second-order valence-electron chi connectivity index (χ2n) is 5.18. The number of halogens is 1. The van der Waals surface area contributed by atoms with Crippen LogP contribution in [0.5, 0.6) is 5.75 Å². The van der Waals surface area contributed by atoms with Crippen LogP contribution in [0.3, 0.4) is 0 Å². The lowest BCUT2D eigenvalue weighted by molar-refractivity contribution is 0.104. The number of hydrogen-bond acceptors (Lipinski definition) is 4. The van der Waals surface area contributed by atoms with E-state index in [1.807, 2.05) is 24.3 Å². The van der Waals surface area contributed by atoms with Crippen LogP contribution < -0.4 is 4.74 Å². The Morgan fingerprint density at radius 1 is 1.08 bits per heavy atom. The predicted octanol–water partition coefficient (Wildman–Crippen LogP) is 4.88. The van der Waals surface area contributed by atoms with Crippen LogP contribution in [0, 0.1) is 0 Å². The minimum atomic E-state index is -0.106. The van der Waals surface area contributed by atoms with Gasteiger partial charge >= 0.3 is 0 Å². The van der Waals surface area contributed by atoms with E-state index in [4.69, 9.17) is 16.3 Å². The molecule has 5 heteroatoms. The molecule has 0 aliphatic carbocycles. The van der Waals surface area contributed by atoms with Crippen LogP contribution >= 0.6 is 11.6 Å². The maximum Gasteiger partial charge on any atom is 0.185 e. The number of ether oxygens (including phenoxy) is 1. The summed E-state index contributed by atoms with van der Waals surface area (Å²) in [7, 11) is 1.59. The number of fused-ring (bicyclic) bond motifs is 1. The maximum absolute atomic E-state index is 12.3. The van der Waals surface area contributed by atoms with E-state index in [0.29, 0.717) is 28.6 Å². The zero-order chi connectivity index (χ0) is 16.9. The van der Waals surface area contributed by atoms with Gasteiger partial charge in [0.1, 0.15) is 10.9 Å². The van der Waals surface area contributed by atoms with Gasteiger partial charge in [0, 0.05) is 17.7 Å². The van der Waals surface area contributed by atoms with Gasteiger partial charge in [-0.3, -0.25) is 9.79 Å². The number of ketones is 1. The van der Waals surface area contributed by atoms with Gasteiger partial charge < -0.3 is 4.74 Å². The van der Waals surface area contributed by atoms with E-state index >= 15 is 0 Å². The van der Waals surface area contributed by atoms with Crippen LogP contribution in [0.15, 0.2) is 70.7 Å². The molecule has 0 bridgehead atoms. The predicted molar refractivity (Wildman–Crippen MR) is 97.6 cm³/mol. The summed E-state index contributed by atoms with van der Waals surface area (Å²) in [5, 5.41) is 0.445. The van der Waals surface area contributed by atoms with Crippen molar-refractivity contribution in [3.8, 4) is 5.75 Å². The molecule has 2 aromatic rings. The fraction of sp³-hybridized carbons (Fsp3) is 0.105. The molecular formula is C19H15ClN2O2. The highest BCUT2D eigenvalue weighted by atomic mass is 35.5. The molecule has 1 heterocycles. The third-order valence-electron chi connectivity index (χ3n) is 3.52. The number of carbonyl (C=O) groups is 1. The van der Waals surface area contributed by atoms with Crippen molar-refractivity contribution in [3.05, 3.63) is 66.2 Å². The lowest BCUT2D eigenvalue weighted by Gasteiger charge is -2.00. The molecule has 24 heavy (non-hydrogen) atoms. The van der Waals surface area contributed by atoms with Crippen molar-refractivity contribution in [2.24, 2.45) is 9.98 Å². The molecule has 0 amide bonds. The van der Waals surface area contributed by atoms with Crippen molar-refractivity contribution in [1.82, 2.24) is 0 Å². The first kappa shape index (κ1) is 16.1. The van der Waals surface area contributed by atoms with Crippen molar-refractivity contribution in [3.63, 3.8) is 0 Å². The van der Waals surface area contributed by atoms with Gasteiger partial charge in [0.2, 0.25) is 0 Å². The zero-order valence-electron chi connectivity index (χ0n) is 13.1. The normalized spacial score (nSPS) is 13.8. The third kappa shape index (κ3) is 3.78. The van der Waals surface area contributed by atoms with Gasteiger partial charge in [-0.15, -0.1) is 0 Å². The van der Waals surface area contributed by atoms with Gasteiger partial charge in [-0.05, 0) is 48.6 Å². The molecule has 0 aromatic heterocycles. The molecular weight excluding hydrogens is 324 g/mol. The van der Waals surface area contributed by atoms with Crippen molar-refractivity contribution in [2.75, 3.05) is 7.11 Å². The summed E-state index contributed by atoms with van der Waals surface area (Å²) in [6.07, 6.45) is 3.58. The Morgan fingerprint density at radius 2 is 1.75 bits per heavy atom. The number of para-hydroxylation sites is 2. The Bertz CT molecular complexity index is 852. The van der Waals surface area contributed by atoms with Gasteiger partial charge in [0.15, 0.2) is 5.78 Å². The Kier molecular flexibility index (Phi) is 4.87. The first-order valence-electron chi connectivity index (χ1n) is 7.42. The molecule has 1 aliphatic heterocycles. The summed E-state index contributed by atoms with van der Waals surface area (Å²) in [5.41, 5.74) is 2.74. The number of carbonyl (C=O) groups excluding carboxylic acids is 1. The lowest BCUT2D eigenvalue weighted by atomic mass is 10.1. The Hall–Kier alpha value is -2.72. The Balaban J connectivity index is 1.82. The summed E-state index contributed by atoms with van der Waals surface area (Å²) < 4.78 is 5.09. The van der Waals surface area contributed by atoms with Crippen LogP contribution in [-0.2, 0) is 0 Å². The highest BCUT2D eigenvalue weighted by molar-refractivity contribution is 6.67. The minimum absolute atomic E-state index is 0.106. The third-order valence-corrected chi connectivity index (χ3v) is 3.73. The van der Waals surface area contributed by atoms with E-state index in [1.54, 1.807) is 37.5 Å². The van der Waals surface area contributed by atoms with Gasteiger partial charge in [0.25, 0.3) is 0 Å². The molecule has 0 unspecified atom stereocenters. The molecule has 2 aromatic carbocycles. The van der Waals surface area contributed by atoms with Crippen LogP contribution in [0.1, 0.15) is 16.8 Å². The van der Waals surface area contributed by atoms with Crippen LogP contribution in [0.4, 0.5) is 11.4 Å². The molecule has 0 spiro atoms. The van der Waals surface area contributed by atoms with E-state index in [2.05, 4.69) is 9.98 Å². The summed E-state index contributed by atoms with van der Waals surface area (Å²) in [6, 6.07) is 14.5. The quantitative estimate of drug-likeness (QED) is 0.589. The molecule has 120 valence electrons. The van der Waals surface area contributed by atoms with E-state index in [9.17, 15) is 4.79 Å². The second kappa shape index (κ2) is 7.23. The van der Waals surface area contributed by atoms with Gasteiger partial charge in [-0.1, -0.05) is 23.7 Å². The van der Waals surface area contributed by atoms with Crippen molar-refractivity contribution >= 4 is 39.6 Å². The van der Waals surface area contributed by atoms with Crippen molar-refractivity contribution in [1.29, 1.82) is 0 Å². The fourth-order valence-electron chi connectivity index (χ4n) is 2.29. The molecule has 0 saturated carbocycles. The van der Waals surface area contributed by atoms with Crippen LogP contribution in [-0.4, -0.2) is 23.8 Å². The molecule has 3 rings (SSSR count). The molecule has 4 nitrogen and oxygen atoms in total. The molecule has 0 atom stereocenters. The highest BCUT2D eigenvalue weighted by Crippen LogP contribution is 2.31. The number of allylic oxidation sites excluding steroid dienone is 2. The van der Waals surface area contributed by atoms with Gasteiger partial charge in [0.05, 0.1) is 18.5 Å². The average molecular weight is 339 g/mol. The van der Waals surface area contributed by atoms with E-state index < -0.39 is 0 Å². The standard InChI is InChI=1S/C19H15ClN2O2/c1-24-15-9-6-13(7-10-15)18(23)11-8-14-12-19(20)22-17-5-3-2-4-16(17)21-14/h2-11H,12H2,1H3/b11-8+. The Morgan fingerprint density at radius 3 is 2.42 bits per heavy atom. The number of benzene rings is 2. The summed E-state index contributed by atoms with van der Waals surface area (Å²) in [6.45, 7) is 0. The van der Waals surface area contributed by atoms with Crippen LogP contribution in [0.25, 0.3) is 0 Å². The van der Waals surface area contributed by atoms with Crippen LogP contribution in [0.2, 0.25) is 0 Å². The van der Waals surface area contributed by atoms with E-state index in [-0.39, 0.29) is 5.78 Å². The molecule has 0 fully saturated rings. The lowest BCUT2D eigenvalue weighted by Crippen LogP contribution is -2.01. The van der Waals surface area contributed by atoms with E-state index in [1.165, 1.54) is 6.08 Å². The maximum atomic E-state index is 12.3. The smallest absolute Gasteiger partial charge is 0.185 e. The van der Waals surface area contributed by atoms with Gasteiger partial charge in [-0.25, -0.2) is 4.99 Å². The first-order chi connectivity index (χ1) is 11.7. The fourth-order valence-corrected chi connectivity index (χ4v) is 2.51. The van der Waals surface area contributed by atoms with E-state index in [0.717, 1.165) is 11.4 Å². The zero-order valence-corrected chi connectivity index (χ0v) is 13.8. The average Bonchev–Trinajstić information content (AvgIpc) is 2.77. The van der Waals surface area contributed by atoms with Gasteiger partial charge in [-0.2, -0.15) is 0 Å². The topological polar surface area (TPSA) is 51.0 Å². The number of nitrogens with zero attached hydrogens (tertiary/aromatic N) is 2. The van der Waals surface area contributed by atoms with Crippen molar-refractivity contribution < 1.29 is 9.53 Å². The first-order valence-corrected chi connectivity index (χ1v) is 7.79. The van der Waals surface area contributed by atoms with Crippen molar-refractivity contribution in [2.45, 2.75) is 6.42 Å². The Labute approximate surface area is 145 Å². The number of methoxy groups -OCH3 is 1. The molecule has 0 N–H and O–H groups in total. The summed E-state index contributed by atoms with van der Waals surface area (Å²) >= 11 is 6.15. The largest absolute Gasteiger partial charge is 0.497 e. The molecule has 0 radical (unpaired) electrons. The summed E-state index contributed by atoms with van der Waals surface area (Å²) in [5.74, 6) is 0.606. The number of aliphatic imine (C=N–C) groups is 2. The SMILES string of the molecule is COc1ccc(C(=O)/C=C/C2=Nc3ccccc3N=C(Cl)C2)cc1. The minimum Gasteiger partial charge on any atom is -0.497 e. The molecule has 1 aliphatic rings.